The highest BCUT2D eigenvalue weighted by molar-refractivity contribution is 5.88. The van der Waals surface area contributed by atoms with Crippen LogP contribution in [0.4, 0.5) is 4.39 Å². The molecule has 0 aliphatic heterocycles. The lowest BCUT2D eigenvalue weighted by molar-refractivity contribution is -0.135. The van der Waals surface area contributed by atoms with Crippen LogP contribution < -0.4 is 4.74 Å². The number of halogens is 1. The molecule has 1 aromatic carbocycles. The molecule has 0 atom stereocenters. The summed E-state index contributed by atoms with van der Waals surface area (Å²) in [7, 11) is 0. The zero-order valence-electron chi connectivity index (χ0n) is 10.9. The molecule has 2 N–H and O–H groups in total. The number of carboxylic acids is 1. The number of benzene rings is 1. The van der Waals surface area contributed by atoms with E-state index < -0.39 is 11.7 Å². The third-order valence-electron chi connectivity index (χ3n) is 2.58. The van der Waals surface area contributed by atoms with Crippen molar-refractivity contribution < 1.29 is 24.1 Å². The quantitative estimate of drug-likeness (QED) is 0.653. The fourth-order valence-electron chi connectivity index (χ4n) is 1.55. The Morgan fingerprint density at radius 2 is 1.95 bits per heavy atom. The van der Waals surface area contributed by atoms with Crippen molar-refractivity contribution in [1.82, 2.24) is 4.98 Å². The predicted octanol–water partition coefficient (Wildman–Crippen LogP) is 2.78. The summed E-state index contributed by atoms with van der Waals surface area (Å²) in [4.78, 5) is 14.4. The van der Waals surface area contributed by atoms with Gasteiger partial charge in [0.15, 0.2) is 0 Å². The average Bonchev–Trinajstić information content (AvgIpc) is 2.47. The first kappa shape index (κ1) is 14.5. The molecule has 0 aliphatic carbocycles. The summed E-state index contributed by atoms with van der Waals surface area (Å²) in [6.45, 7) is 0.234. The Labute approximate surface area is 120 Å². The number of hydrogen-bond acceptors (Lipinski definition) is 4. The summed E-state index contributed by atoms with van der Waals surface area (Å²) in [5.74, 6) is -2.11. The maximum absolute atomic E-state index is 12.8. The van der Waals surface area contributed by atoms with Gasteiger partial charge in [0, 0.05) is 18.3 Å². The van der Waals surface area contributed by atoms with Gasteiger partial charge in [0.1, 0.15) is 18.2 Å². The van der Waals surface area contributed by atoms with E-state index in [1.807, 2.05) is 0 Å². The largest absolute Gasteiger partial charge is 0.502 e. The van der Waals surface area contributed by atoms with Gasteiger partial charge in [0.05, 0.1) is 5.69 Å². The fourth-order valence-corrected chi connectivity index (χ4v) is 1.55. The summed E-state index contributed by atoms with van der Waals surface area (Å²) in [6.07, 6.45) is 2.45. The minimum Gasteiger partial charge on any atom is -0.502 e. The number of nitrogens with zero attached hydrogens (tertiary/aromatic N) is 1. The van der Waals surface area contributed by atoms with Crippen molar-refractivity contribution in [3.63, 3.8) is 0 Å². The third kappa shape index (κ3) is 4.31. The monoisotopic (exact) mass is 289 g/mol. The van der Waals surface area contributed by atoms with E-state index in [1.165, 1.54) is 24.4 Å². The smallest absolute Gasteiger partial charge is 0.371 e. The molecule has 108 valence electrons. The molecule has 0 bridgehead atoms. The Morgan fingerprint density at radius 3 is 2.62 bits per heavy atom. The number of aromatic nitrogens is 1. The lowest BCUT2D eigenvalue weighted by atomic mass is 10.2. The maximum atomic E-state index is 12.8. The molecule has 1 heterocycles. The van der Waals surface area contributed by atoms with Gasteiger partial charge in [-0.1, -0.05) is 12.1 Å². The van der Waals surface area contributed by atoms with Gasteiger partial charge in [-0.25, -0.2) is 9.18 Å². The number of aliphatic hydroxyl groups is 1. The van der Waals surface area contributed by atoms with Crippen molar-refractivity contribution in [1.29, 1.82) is 0 Å². The first-order chi connectivity index (χ1) is 10.0. The van der Waals surface area contributed by atoms with Crippen LogP contribution in [-0.2, 0) is 11.4 Å². The first-order valence-electron chi connectivity index (χ1n) is 6.02. The Hall–Kier alpha value is -2.89. The van der Waals surface area contributed by atoms with Crippen molar-refractivity contribution in [2.24, 2.45) is 0 Å². The van der Waals surface area contributed by atoms with E-state index in [0.717, 1.165) is 11.6 Å². The lowest BCUT2D eigenvalue weighted by Gasteiger charge is -2.06. The summed E-state index contributed by atoms with van der Waals surface area (Å²) in [5, 5.41) is 17.7. The second-order valence-electron chi connectivity index (χ2n) is 4.17. The SMILES string of the molecule is O=C(O)/C(O)=C/c1cc(OCc2ccc(F)cc2)ccn1. The Bertz CT molecular complexity index is 668. The Balaban J connectivity index is 2.06. The van der Waals surface area contributed by atoms with Gasteiger partial charge in [0.2, 0.25) is 5.76 Å². The molecule has 0 unspecified atom stereocenters. The molecule has 2 rings (SSSR count). The molecular weight excluding hydrogens is 277 g/mol. The molecule has 5 nitrogen and oxygen atoms in total. The van der Waals surface area contributed by atoms with Gasteiger partial charge >= 0.3 is 5.97 Å². The highest BCUT2D eigenvalue weighted by atomic mass is 19.1. The van der Waals surface area contributed by atoms with E-state index in [2.05, 4.69) is 4.98 Å². The number of carbonyl (C=O) groups is 1. The third-order valence-corrected chi connectivity index (χ3v) is 2.58. The van der Waals surface area contributed by atoms with E-state index in [1.54, 1.807) is 18.2 Å². The molecule has 6 heteroatoms. The van der Waals surface area contributed by atoms with Crippen LogP contribution in [0.25, 0.3) is 6.08 Å². The number of hydrogen-bond donors (Lipinski definition) is 2. The molecule has 0 radical (unpaired) electrons. The Kier molecular flexibility index (Phi) is 4.50. The molecule has 0 saturated heterocycles. The number of ether oxygens (including phenoxy) is 1. The van der Waals surface area contributed by atoms with Crippen molar-refractivity contribution in [3.05, 3.63) is 65.4 Å². The number of rotatable bonds is 5. The Morgan fingerprint density at radius 1 is 1.24 bits per heavy atom. The molecule has 0 fully saturated rings. The van der Waals surface area contributed by atoms with Crippen molar-refractivity contribution in [2.45, 2.75) is 6.61 Å². The summed E-state index contributed by atoms with van der Waals surface area (Å²) < 4.78 is 18.3. The number of aliphatic hydroxyl groups excluding tert-OH is 1. The average molecular weight is 289 g/mol. The molecular formula is C15H12FNO4. The van der Waals surface area contributed by atoms with Crippen LogP contribution >= 0.6 is 0 Å². The lowest BCUT2D eigenvalue weighted by Crippen LogP contribution is -1.99. The summed E-state index contributed by atoms with van der Waals surface area (Å²) in [6, 6.07) is 8.97. The second kappa shape index (κ2) is 6.51. The molecule has 1 aromatic heterocycles. The standard InChI is InChI=1S/C15H12FNO4/c16-11-3-1-10(2-4-11)9-21-13-5-6-17-12(7-13)8-14(18)15(19)20/h1-8,18H,9H2,(H,19,20)/b14-8-. The molecule has 21 heavy (non-hydrogen) atoms. The fraction of sp³-hybridized carbons (Fsp3) is 0.0667. The second-order valence-corrected chi connectivity index (χ2v) is 4.17. The van der Waals surface area contributed by atoms with E-state index in [4.69, 9.17) is 14.9 Å². The van der Waals surface area contributed by atoms with Gasteiger partial charge < -0.3 is 14.9 Å². The van der Waals surface area contributed by atoms with E-state index in [-0.39, 0.29) is 18.1 Å². The van der Waals surface area contributed by atoms with E-state index >= 15 is 0 Å². The summed E-state index contributed by atoms with van der Waals surface area (Å²) in [5.41, 5.74) is 1.05. The predicted molar refractivity (Wildman–Crippen MR) is 73.2 cm³/mol. The minimum atomic E-state index is -1.44. The topological polar surface area (TPSA) is 79.7 Å². The van der Waals surface area contributed by atoms with Crippen LogP contribution in [0.2, 0.25) is 0 Å². The zero-order valence-corrected chi connectivity index (χ0v) is 10.9. The van der Waals surface area contributed by atoms with Crippen LogP contribution in [0.3, 0.4) is 0 Å². The minimum absolute atomic E-state index is 0.234. The molecule has 0 amide bonds. The zero-order chi connectivity index (χ0) is 15.2. The van der Waals surface area contributed by atoms with Crippen LogP contribution in [0.5, 0.6) is 5.75 Å². The number of aliphatic carboxylic acids is 1. The highest BCUT2D eigenvalue weighted by Gasteiger charge is 2.05. The van der Waals surface area contributed by atoms with Crippen LogP contribution in [0.1, 0.15) is 11.3 Å². The van der Waals surface area contributed by atoms with E-state index in [0.29, 0.717) is 5.75 Å². The summed E-state index contributed by atoms with van der Waals surface area (Å²) >= 11 is 0. The van der Waals surface area contributed by atoms with Gasteiger partial charge in [-0.15, -0.1) is 0 Å². The number of pyridine rings is 1. The van der Waals surface area contributed by atoms with Crippen molar-refractivity contribution in [2.75, 3.05) is 0 Å². The van der Waals surface area contributed by atoms with Crippen LogP contribution in [-0.4, -0.2) is 21.2 Å². The van der Waals surface area contributed by atoms with E-state index in [9.17, 15) is 9.18 Å². The van der Waals surface area contributed by atoms with Crippen molar-refractivity contribution >= 4 is 12.0 Å². The van der Waals surface area contributed by atoms with Gasteiger partial charge in [0.25, 0.3) is 0 Å². The van der Waals surface area contributed by atoms with Gasteiger partial charge in [-0.3, -0.25) is 4.98 Å². The molecule has 0 spiro atoms. The molecule has 0 saturated carbocycles. The normalized spacial score (nSPS) is 11.2. The highest BCUT2D eigenvalue weighted by Crippen LogP contribution is 2.15. The van der Waals surface area contributed by atoms with Crippen LogP contribution in [0.15, 0.2) is 48.4 Å². The first-order valence-corrected chi connectivity index (χ1v) is 6.02. The van der Waals surface area contributed by atoms with Gasteiger partial charge in [-0.2, -0.15) is 0 Å². The molecule has 2 aromatic rings. The van der Waals surface area contributed by atoms with Crippen molar-refractivity contribution in [3.8, 4) is 5.75 Å². The van der Waals surface area contributed by atoms with Gasteiger partial charge in [-0.05, 0) is 23.8 Å². The number of carboxylic acid groups (broad SMARTS) is 1. The molecule has 0 aliphatic rings. The van der Waals surface area contributed by atoms with Crippen LogP contribution in [0, 0.1) is 5.82 Å². The maximum Gasteiger partial charge on any atom is 0.371 e.